The second kappa shape index (κ2) is 6.24. The summed E-state index contributed by atoms with van der Waals surface area (Å²) in [6, 6.07) is 6.95. The van der Waals surface area contributed by atoms with E-state index in [2.05, 4.69) is 39.6 Å². The summed E-state index contributed by atoms with van der Waals surface area (Å²) >= 11 is 1.57. The van der Waals surface area contributed by atoms with Crippen LogP contribution in [0.15, 0.2) is 34.5 Å². The molecule has 0 radical (unpaired) electrons. The van der Waals surface area contributed by atoms with Gasteiger partial charge in [0, 0.05) is 10.8 Å². The number of nitrogens with one attached hydrogen (secondary N) is 2. The van der Waals surface area contributed by atoms with Gasteiger partial charge in [-0.15, -0.1) is 5.10 Å². The molecule has 1 aromatic carbocycles. The first-order valence-corrected chi connectivity index (χ1v) is 6.69. The molecule has 1 aromatic heterocycles. The molecule has 0 fully saturated rings. The maximum atomic E-state index is 9.55. The summed E-state index contributed by atoms with van der Waals surface area (Å²) in [6.45, 7) is 4.15. The quantitative estimate of drug-likeness (QED) is 0.444. The van der Waals surface area contributed by atoms with Gasteiger partial charge in [-0.05, 0) is 12.1 Å². The van der Waals surface area contributed by atoms with E-state index in [4.69, 9.17) is 0 Å². The fourth-order valence-electron chi connectivity index (χ4n) is 1.32. The molecule has 0 saturated heterocycles. The third-order valence-electron chi connectivity index (χ3n) is 2.12. The van der Waals surface area contributed by atoms with Gasteiger partial charge in [-0.3, -0.25) is 0 Å². The second-order valence-electron chi connectivity index (χ2n) is 4.06. The number of nitrogens with zero attached hydrogens (tertiary/aromatic N) is 3. The molecule has 2 aromatic rings. The Kier molecular flexibility index (Phi) is 4.40. The minimum Gasteiger partial charge on any atom is -0.507 e. The van der Waals surface area contributed by atoms with Crippen molar-refractivity contribution in [3.05, 3.63) is 29.8 Å². The smallest absolute Gasteiger partial charge is 0.240 e. The van der Waals surface area contributed by atoms with Gasteiger partial charge in [0.25, 0.3) is 0 Å². The highest BCUT2D eigenvalue weighted by atomic mass is 32.2. The van der Waals surface area contributed by atoms with E-state index < -0.39 is 0 Å². The Hall–Kier alpha value is -2.02. The van der Waals surface area contributed by atoms with Crippen LogP contribution in [0.25, 0.3) is 0 Å². The van der Waals surface area contributed by atoms with Crippen molar-refractivity contribution >= 4 is 23.9 Å². The van der Waals surface area contributed by atoms with Gasteiger partial charge < -0.3 is 5.11 Å². The SMILES string of the molecule is CC(C)Sc1n[nH]c(N/N=C/c2ccccc2O)n1. The lowest BCUT2D eigenvalue weighted by Crippen LogP contribution is -1.93. The van der Waals surface area contributed by atoms with E-state index in [1.807, 2.05) is 6.07 Å². The molecule has 2 rings (SSSR count). The van der Waals surface area contributed by atoms with Crippen LogP contribution in [0.1, 0.15) is 19.4 Å². The molecule has 7 heteroatoms. The summed E-state index contributed by atoms with van der Waals surface area (Å²) in [5.74, 6) is 0.650. The van der Waals surface area contributed by atoms with Crippen molar-refractivity contribution in [1.29, 1.82) is 0 Å². The number of hydrogen-bond acceptors (Lipinski definition) is 6. The Labute approximate surface area is 115 Å². The highest BCUT2D eigenvalue weighted by molar-refractivity contribution is 7.99. The Morgan fingerprint density at radius 1 is 1.42 bits per heavy atom. The van der Waals surface area contributed by atoms with Crippen LogP contribution in [0.5, 0.6) is 5.75 Å². The number of aromatic nitrogens is 3. The number of thioether (sulfide) groups is 1. The van der Waals surface area contributed by atoms with Crippen molar-refractivity contribution in [2.75, 3.05) is 5.43 Å². The molecule has 0 unspecified atom stereocenters. The number of para-hydroxylation sites is 1. The normalized spacial score (nSPS) is 11.3. The van der Waals surface area contributed by atoms with E-state index >= 15 is 0 Å². The molecule has 0 spiro atoms. The van der Waals surface area contributed by atoms with Gasteiger partial charge in [-0.2, -0.15) is 10.1 Å². The van der Waals surface area contributed by atoms with Crippen LogP contribution in [0.3, 0.4) is 0 Å². The average Bonchev–Trinajstić information content (AvgIpc) is 2.78. The minimum atomic E-state index is 0.182. The number of phenols is 1. The first-order valence-electron chi connectivity index (χ1n) is 5.81. The first-order chi connectivity index (χ1) is 9.15. The van der Waals surface area contributed by atoms with E-state index in [9.17, 15) is 5.11 Å². The van der Waals surface area contributed by atoms with Crippen molar-refractivity contribution in [2.45, 2.75) is 24.3 Å². The molecule has 0 saturated carbocycles. The molecule has 100 valence electrons. The lowest BCUT2D eigenvalue weighted by atomic mass is 10.2. The fourth-order valence-corrected chi connectivity index (χ4v) is 1.98. The van der Waals surface area contributed by atoms with Crippen LogP contribution in [0.4, 0.5) is 5.95 Å². The molecule has 0 aliphatic carbocycles. The van der Waals surface area contributed by atoms with Crippen LogP contribution in [-0.2, 0) is 0 Å². The molecule has 19 heavy (non-hydrogen) atoms. The molecule has 6 nitrogen and oxygen atoms in total. The van der Waals surface area contributed by atoms with E-state index in [0.717, 1.165) is 0 Å². The van der Waals surface area contributed by atoms with Gasteiger partial charge >= 0.3 is 0 Å². The number of hydrogen-bond donors (Lipinski definition) is 3. The van der Waals surface area contributed by atoms with Crippen molar-refractivity contribution in [3.63, 3.8) is 0 Å². The van der Waals surface area contributed by atoms with Crippen LogP contribution in [0, 0.1) is 0 Å². The van der Waals surface area contributed by atoms with Crippen molar-refractivity contribution in [3.8, 4) is 5.75 Å². The van der Waals surface area contributed by atoms with Gasteiger partial charge in [0.15, 0.2) is 0 Å². The first kappa shape index (κ1) is 13.4. The number of rotatable bonds is 5. The minimum absolute atomic E-state index is 0.182. The Bertz CT molecular complexity index is 567. The molecule has 0 atom stereocenters. The summed E-state index contributed by atoms with van der Waals surface area (Å²) in [5.41, 5.74) is 3.36. The Morgan fingerprint density at radius 2 is 2.21 bits per heavy atom. The summed E-state index contributed by atoms with van der Waals surface area (Å²) in [7, 11) is 0. The third kappa shape index (κ3) is 3.99. The fraction of sp³-hybridized carbons (Fsp3) is 0.250. The number of aromatic hydroxyl groups is 1. The van der Waals surface area contributed by atoms with Crippen LogP contribution in [-0.4, -0.2) is 31.8 Å². The number of anilines is 1. The lowest BCUT2D eigenvalue weighted by molar-refractivity contribution is 0.474. The standard InChI is InChI=1S/C12H15N5OS/c1-8(2)19-12-14-11(16-17-12)15-13-7-9-5-3-4-6-10(9)18/h3-8,18H,1-2H3,(H2,14,15,16,17)/b13-7+. The third-order valence-corrected chi connectivity index (χ3v) is 2.98. The van der Waals surface area contributed by atoms with Gasteiger partial charge in [-0.1, -0.05) is 37.7 Å². The monoisotopic (exact) mass is 277 g/mol. The molecular weight excluding hydrogens is 262 g/mol. The van der Waals surface area contributed by atoms with E-state index in [-0.39, 0.29) is 5.75 Å². The van der Waals surface area contributed by atoms with Crippen molar-refractivity contribution < 1.29 is 5.11 Å². The zero-order valence-electron chi connectivity index (χ0n) is 10.7. The molecule has 0 aliphatic rings. The van der Waals surface area contributed by atoms with Gasteiger partial charge in [0.05, 0.1) is 6.21 Å². The van der Waals surface area contributed by atoms with Crippen LogP contribution >= 0.6 is 11.8 Å². The zero-order valence-corrected chi connectivity index (χ0v) is 11.5. The Balaban J connectivity index is 1.95. The molecule has 0 aliphatic heterocycles. The van der Waals surface area contributed by atoms with E-state index in [1.165, 1.54) is 6.21 Å². The van der Waals surface area contributed by atoms with Crippen LogP contribution in [0.2, 0.25) is 0 Å². The summed E-state index contributed by atoms with van der Waals surface area (Å²) in [6.07, 6.45) is 1.52. The predicted octanol–water partition coefficient (Wildman–Crippen LogP) is 2.46. The number of phenolic OH excluding ortho intramolecular Hbond substituents is 1. The highest BCUT2D eigenvalue weighted by Gasteiger charge is 2.04. The number of hydrazone groups is 1. The molecule has 0 amide bonds. The van der Waals surface area contributed by atoms with E-state index in [0.29, 0.717) is 21.9 Å². The maximum Gasteiger partial charge on any atom is 0.240 e. The summed E-state index contributed by atoms with van der Waals surface area (Å²) in [5, 5.41) is 21.4. The second-order valence-corrected chi connectivity index (χ2v) is 5.61. The van der Waals surface area contributed by atoms with Gasteiger partial charge in [0.2, 0.25) is 11.1 Å². The van der Waals surface area contributed by atoms with Gasteiger partial charge in [-0.25, -0.2) is 10.5 Å². The average molecular weight is 277 g/mol. The Morgan fingerprint density at radius 3 is 2.95 bits per heavy atom. The predicted molar refractivity (Wildman–Crippen MR) is 76.7 cm³/mol. The lowest BCUT2D eigenvalue weighted by Gasteiger charge is -1.97. The molecule has 3 N–H and O–H groups in total. The topological polar surface area (TPSA) is 86.2 Å². The van der Waals surface area contributed by atoms with Crippen molar-refractivity contribution in [2.24, 2.45) is 5.10 Å². The molecule has 0 bridgehead atoms. The van der Waals surface area contributed by atoms with E-state index in [1.54, 1.807) is 30.0 Å². The molecule has 1 heterocycles. The highest BCUT2D eigenvalue weighted by Crippen LogP contribution is 2.19. The largest absolute Gasteiger partial charge is 0.507 e. The summed E-state index contributed by atoms with van der Waals surface area (Å²) in [4.78, 5) is 4.21. The zero-order chi connectivity index (χ0) is 13.7. The summed E-state index contributed by atoms with van der Waals surface area (Å²) < 4.78 is 0. The maximum absolute atomic E-state index is 9.55. The van der Waals surface area contributed by atoms with Gasteiger partial charge in [0.1, 0.15) is 5.75 Å². The number of benzene rings is 1. The van der Waals surface area contributed by atoms with Crippen molar-refractivity contribution in [1.82, 2.24) is 15.2 Å². The van der Waals surface area contributed by atoms with Crippen LogP contribution < -0.4 is 5.43 Å². The number of aromatic amines is 1. The number of H-pyrrole nitrogens is 1. The molecular formula is C12H15N5OS.